The zero-order valence-corrected chi connectivity index (χ0v) is 11.8. The van der Waals surface area contributed by atoms with E-state index in [1.807, 2.05) is 32.3 Å². The van der Waals surface area contributed by atoms with E-state index < -0.39 is 0 Å². The van der Waals surface area contributed by atoms with Crippen molar-refractivity contribution in [1.29, 1.82) is 0 Å². The van der Waals surface area contributed by atoms with E-state index in [-0.39, 0.29) is 0 Å². The molecule has 0 bridgehead atoms. The van der Waals surface area contributed by atoms with Crippen LogP contribution in [0.3, 0.4) is 0 Å². The molecule has 0 aliphatic carbocycles. The van der Waals surface area contributed by atoms with Gasteiger partial charge in [-0.15, -0.1) is 0 Å². The van der Waals surface area contributed by atoms with Gasteiger partial charge in [-0.1, -0.05) is 24.8 Å². The number of nitrogens with zero attached hydrogens (tertiary/aromatic N) is 3. The molecule has 0 saturated carbocycles. The van der Waals surface area contributed by atoms with Gasteiger partial charge in [-0.25, -0.2) is 9.97 Å². The Morgan fingerprint density at radius 2 is 1.67 bits per heavy atom. The smallest absolute Gasteiger partial charge is 0.188 e. The quantitative estimate of drug-likeness (QED) is 0.623. The zero-order chi connectivity index (χ0) is 13.0. The van der Waals surface area contributed by atoms with Crippen molar-refractivity contribution in [2.45, 2.75) is 38.1 Å². The Bertz CT molecular complexity index is 520. The molecule has 0 radical (unpaired) electrons. The van der Waals surface area contributed by atoms with Crippen molar-refractivity contribution in [1.82, 2.24) is 15.0 Å². The predicted octanol–water partition coefficient (Wildman–Crippen LogP) is 3.34. The maximum atomic E-state index is 4.42. The fourth-order valence-electron chi connectivity index (χ4n) is 1.72. The summed E-state index contributed by atoms with van der Waals surface area (Å²) in [7, 11) is 0. The molecule has 0 aliphatic rings. The molecular weight excluding hydrogens is 242 g/mol. The van der Waals surface area contributed by atoms with Crippen molar-refractivity contribution in [3.05, 3.63) is 47.0 Å². The van der Waals surface area contributed by atoms with Crippen LogP contribution in [0.1, 0.15) is 29.4 Å². The van der Waals surface area contributed by atoms with Crippen molar-refractivity contribution >= 4 is 11.8 Å². The van der Waals surface area contributed by atoms with Crippen LogP contribution in [0, 0.1) is 13.8 Å². The first-order valence-corrected chi connectivity index (χ1v) is 7.04. The number of hydrogen-bond acceptors (Lipinski definition) is 4. The van der Waals surface area contributed by atoms with Gasteiger partial charge < -0.3 is 0 Å². The first-order valence-electron chi connectivity index (χ1n) is 6.05. The van der Waals surface area contributed by atoms with E-state index >= 15 is 0 Å². The second-order valence-corrected chi connectivity index (χ2v) is 5.22. The Balaban J connectivity index is 2.06. The summed E-state index contributed by atoms with van der Waals surface area (Å²) in [6.07, 6.45) is 4.85. The van der Waals surface area contributed by atoms with Crippen LogP contribution in [-0.2, 0) is 12.2 Å². The molecule has 0 amide bonds. The first kappa shape index (κ1) is 13.0. The van der Waals surface area contributed by atoms with Gasteiger partial charge in [0.15, 0.2) is 5.16 Å². The lowest BCUT2D eigenvalue weighted by Crippen LogP contribution is -1.94. The fourth-order valence-corrected chi connectivity index (χ4v) is 2.59. The van der Waals surface area contributed by atoms with Crippen molar-refractivity contribution in [3.63, 3.8) is 0 Å². The maximum Gasteiger partial charge on any atom is 0.188 e. The summed E-state index contributed by atoms with van der Waals surface area (Å²) >= 11 is 1.66. The second kappa shape index (κ2) is 5.96. The Morgan fingerprint density at radius 3 is 2.33 bits per heavy atom. The van der Waals surface area contributed by atoms with Gasteiger partial charge in [0.1, 0.15) is 0 Å². The van der Waals surface area contributed by atoms with Crippen molar-refractivity contribution < 1.29 is 0 Å². The highest BCUT2D eigenvalue weighted by molar-refractivity contribution is 7.98. The minimum absolute atomic E-state index is 0.842. The molecule has 0 aromatic carbocycles. The average molecular weight is 259 g/mol. The molecule has 18 heavy (non-hydrogen) atoms. The van der Waals surface area contributed by atoms with Crippen molar-refractivity contribution in [3.8, 4) is 0 Å². The molecule has 0 atom stereocenters. The Labute approximate surface area is 112 Å². The van der Waals surface area contributed by atoms with Gasteiger partial charge in [-0.3, -0.25) is 4.98 Å². The normalized spacial score (nSPS) is 10.6. The monoisotopic (exact) mass is 259 g/mol. The highest BCUT2D eigenvalue weighted by Crippen LogP contribution is 2.20. The van der Waals surface area contributed by atoms with E-state index in [1.165, 1.54) is 11.1 Å². The Kier molecular flexibility index (Phi) is 4.31. The van der Waals surface area contributed by atoms with Gasteiger partial charge >= 0.3 is 0 Å². The highest BCUT2D eigenvalue weighted by atomic mass is 32.2. The van der Waals surface area contributed by atoms with Crippen LogP contribution in [0.15, 0.2) is 29.7 Å². The molecule has 0 spiro atoms. The number of thioether (sulfide) groups is 1. The lowest BCUT2D eigenvalue weighted by Gasteiger charge is -2.04. The van der Waals surface area contributed by atoms with Gasteiger partial charge in [-0.05, 0) is 37.5 Å². The van der Waals surface area contributed by atoms with Crippen LogP contribution in [0.4, 0.5) is 0 Å². The molecule has 2 heterocycles. The van der Waals surface area contributed by atoms with Gasteiger partial charge in [0.05, 0.1) is 0 Å². The number of hydrogen-bond donors (Lipinski definition) is 0. The molecule has 0 saturated heterocycles. The van der Waals surface area contributed by atoms with Crippen LogP contribution in [0.25, 0.3) is 0 Å². The van der Waals surface area contributed by atoms with E-state index in [1.54, 1.807) is 11.8 Å². The molecule has 0 unspecified atom stereocenters. The van der Waals surface area contributed by atoms with Gasteiger partial charge in [-0.2, -0.15) is 0 Å². The molecule has 2 aromatic rings. The van der Waals surface area contributed by atoms with Gasteiger partial charge in [0.25, 0.3) is 0 Å². The third-order valence-corrected chi connectivity index (χ3v) is 3.51. The van der Waals surface area contributed by atoms with E-state index in [0.717, 1.165) is 28.7 Å². The molecule has 94 valence electrons. The predicted molar refractivity (Wildman–Crippen MR) is 74.7 cm³/mol. The van der Waals surface area contributed by atoms with E-state index in [4.69, 9.17) is 0 Å². The highest BCUT2D eigenvalue weighted by Gasteiger charge is 2.02. The van der Waals surface area contributed by atoms with Crippen LogP contribution in [0.2, 0.25) is 0 Å². The lowest BCUT2D eigenvalue weighted by molar-refractivity contribution is 0.901. The number of aryl methyl sites for hydroxylation is 3. The van der Waals surface area contributed by atoms with Crippen molar-refractivity contribution in [2.24, 2.45) is 0 Å². The maximum absolute atomic E-state index is 4.42. The Morgan fingerprint density at radius 1 is 1.00 bits per heavy atom. The topological polar surface area (TPSA) is 38.7 Å². The molecule has 2 rings (SSSR count). The minimum Gasteiger partial charge on any atom is -0.264 e. The van der Waals surface area contributed by atoms with Crippen molar-refractivity contribution in [2.75, 3.05) is 0 Å². The average Bonchev–Trinajstić information content (AvgIpc) is 2.35. The SMILES string of the molecule is CCc1cncc(CSc2nc(C)cc(C)n2)c1. The van der Waals surface area contributed by atoms with E-state index in [2.05, 4.69) is 27.9 Å². The molecule has 2 aromatic heterocycles. The van der Waals surface area contributed by atoms with E-state index in [9.17, 15) is 0 Å². The minimum atomic E-state index is 0.842. The standard InChI is InChI=1S/C14H17N3S/c1-4-12-6-13(8-15-7-12)9-18-14-16-10(2)5-11(3)17-14/h5-8H,4,9H2,1-3H3. The summed E-state index contributed by atoms with van der Waals surface area (Å²) in [6, 6.07) is 4.19. The third kappa shape index (κ3) is 3.53. The first-order chi connectivity index (χ1) is 8.67. The number of rotatable bonds is 4. The Hall–Kier alpha value is -1.42. The summed E-state index contributed by atoms with van der Waals surface area (Å²) in [4.78, 5) is 13.1. The molecular formula is C14H17N3S. The van der Waals surface area contributed by atoms with Gasteiger partial charge in [0.2, 0.25) is 0 Å². The fraction of sp³-hybridized carbons (Fsp3) is 0.357. The largest absolute Gasteiger partial charge is 0.264 e. The summed E-state index contributed by atoms with van der Waals surface area (Å²) < 4.78 is 0. The lowest BCUT2D eigenvalue weighted by atomic mass is 10.2. The molecule has 0 aliphatic heterocycles. The van der Waals surface area contributed by atoms with Gasteiger partial charge in [0, 0.05) is 29.5 Å². The third-order valence-electron chi connectivity index (χ3n) is 2.59. The molecule has 0 N–H and O–H groups in total. The summed E-state index contributed by atoms with van der Waals surface area (Å²) in [5, 5.41) is 0.842. The zero-order valence-electron chi connectivity index (χ0n) is 11.0. The summed E-state index contributed by atoms with van der Waals surface area (Å²) in [6.45, 7) is 6.14. The molecule has 0 fully saturated rings. The van der Waals surface area contributed by atoms with E-state index in [0.29, 0.717) is 0 Å². The molecule has 4 heteroatoms. The molecule has 3 nitrogen and oxygen atoms in total. The summed E-state index contributed by atoms with van der Waals surface area (Å²) in [5.41, 5.74) is 4.53. The van der Waals surface area contributed by atoms with Crippen LogP contribution in [0.5, 0.6) is 0 Å². The van der Waals surface area contributed by atoms with Crippen LogP contribution >= 0.6 is 11.8 Å². The number of aromatic nitrogens is 3. The van der Waals surface area contributed by atoms with Crippen LogP contribution in [-0.4, -0.2) is 15.0 Å². The summed E-state index contributed by atoms with van der Waals surface area (Å²) in [5.74, 6) is 0.865. The number of pyridine rings is 1. The second-order valence-electron chi connectivity index (χ2n) is 4.28. The van der Waals surface area contributed by atoms with Crippen LogP contribution < -0.4 is 0 Å².